The second-order valence-electron chi connectivity index (χ2n) is 9.04. The van der Waals surface area contributed by atoms with E-state index in [-0.39, 0.29) is 5.78 Å². The van der Waals surface area contributed by atoms with Gasteiger partial charge in [-0.25, -0.2) is 0 Å². The molecule has 3 aromatic rings. The standard InChI is InChI=1S/C29H30N2O3/c1-21-11-13-24(14-12-21)27(32)26-10-5-18-31(26)17-4-8-23-7-3-9-25(19-23)22(2)30-20-29(28(33)34)15-6-16-29/h3-5,7-14,18-19,30H,2,6,15-17,20H2,1H3,(H,33,34)/b8-4+. The monoisotopic (exact) mass is 454 g/mol. The van der Waals surface area contributed by atoms with Gasteiger partial charge in [-0.05, 0) is 49.1 Å². The summed E-state index contributed by atoms with van der Waals surface area (Å²) in [6.07, 6.45) is 8.32. The summed E-state index contributed by atoms with van der Waals surface area (Å²) in [5.74, 6) is -0.727. The van der Waals surface area contributed by atoms with Crippen LogP contribution in [0.2, 0.25) is 0 Å². The van der Waals surface area contributed by atoms with Crippen molar-refractivity contribution in [2.24, 2.45) is 5.41 Å². The smallest absolute Gasteiger partial charge is 0.311 e. The van der Waals surface area contributed by atoms with Crippen LogP contribution < -0.4 is 5.32 Å². The molecule has 0 aliphatic heterocycles. The fourth-order valence-electron chi connectivity index (χ4n) is 4.21. The van der Waals surface area contributed by atoms with E-state index >= 15 is 0 Å². The van der Waals surface area contributed by atoms with Crippen molar-refractivity contribution < 1.29 is 14.7 Å². The molecule has 5 heteroatoms. The number of allylic oxidation sites excluding steroid dienone is 1. The van der Waals surface area contributed by atoms with Crippen LogP contribution >= 0.6 is 0 Å². The van der Waals surface area contributed by atoms with Gasteiger partial charge in [-0.3, -0.25) is 9.59 Å². The molecular weight excluding hydrogens is 424 g/mol. The van der Waals surface area contributed by atoms with Crippen LogP contribution in [0.3, 0.4) is 0 Å². The van der Waals surface area contributed by atoms with Crippen LogP contribution in [0.25, 0.3) is 11.8 Å². The van der Waals surface area contributed by atoms with Gasteiger partial charge < -0.3 is 15.0 Å². The number of rotatable bonds is 10. The summed E-state index contributed by atoms with van der Waals surface area (Å²) in [5.41, 5.74) is 4.46. The highest BCUT2D eigenvalue weighted by atomic mass is 16.4. The second-order valence-corrected chi connectivity index (χ2v) is 9.04. The Hall–Kier alpha value is -3.86. The van der Waals surface area contributed by atoms with Crippen molar-refractivity contribution in [2.45, 2.75) is 32.7 Å². The molecular formula is C29H30N2O3. The molecule has 2 aromatic carbocycles. The first-order valence-corrected chi connectivity index (χ1v) is 11.6. The molecule has 1 fully saturated rings. The van der Waals surface area contributed by atoms with Gasteiger partial charge in [0, 0.05) is 30.5 Å². The zero-order chi connectivity index (χ0) is 24.1. The fourth-order valence-corrected chi connectivity index (χ4v) is 4.21. The SMILES string of the molecule is C=C(NCC1(C(=O)O)CCC1)c1cccc(/C=C/Cn2cccc2C(=O)c2ccc(C)cc2)c1. The lowest BCUT2D eigenvalue weighted by molar-refractivity contribution is -0.153. The molecule has 0 spiro atoms. The molecule has 4 rings (SSSR count). The Morgan fingerprint density at radius 3 is 2.53 bits per heavy atom. The molecule has 0 amide bonds. The van der Waals surface area contributed by atoms with Crippen molar-refractivity contribution in [1.82, 2.24) is 9.88 Å². The van der Waals surface area contributed by atoms with E-state index in [4.69, 9.17) is 0 Å². The number of carbonyl (C=O) groups excluding carboxylic acids is 1. The van der Waals surface area contributed by atoms with Gasteiger partial charge in [0.25, 0.3) is 0 Å². The summed E-state index contributed by atoms with van der Waals surface area (Å²) in [4.78, 5) is 24.5. The van der Waals surface area contributed by atoms with E-state index in [9.17, 15) is 14.7 Å². The van der Waals surface area contributed by atoms with Crippen molar-refractivity contribution in [3.05, 3.63) is 107 Å². The summed E-state index contributed by atoms with van der Waals surface area (Å²) < 4.78 is 1.94. The fraction of sp³-hybridized carbons (Fsp3) is 0.241. The highest BCUT2D eigenvalue weighted by molar-refractivity contribution is 6.08. The zero-order valence-electron chi connectivity index (χ0n) is 19.5. The van der Waals surface area contributed by atoms with E-state index in [1.165, 1.54) is 0 Å². The number of aromatic nitrogens is 1. The number of carboxylic acids is 1. The maximum atomic E-state index is 12.9. The van der Waals surface area contributed by atoms with Crippen molar-refractivity contribution in [3.63, 3.8) is 0 Å². The Morgan fingerprint density at radius 2 is 1.85 bits per heavy atom. The first-order valence-electron chi connectivity index (χ1n) is 11.6. The molecule has 1 aliphatic carbocycles. The lowest BCUT2D eigenvalue weighted by Gasteiger charge is -2.38. The van der Waals surface area contributed by atoms with Crippen LogP contribution in [0.5, 0.6) is 0 Å². The number of hydrogen-bond donors (Lipinski definition) is 2. The maximum Gasteiger partial charge on any atom is 0.311 e. The highest BCUT2D eigenvalue weighted by Crippen LogP contribution is 2.40. The Labute approximate surface area is 200 Å². The lowest BCUT2D eigenvalue weighted by Crippen LogP contribution is -2.45. The van der Waals surface area contributed by atoms with E-state index in [0.29, 0.717) is 37.2 Å². The molecule has 0 unspecified atom stereocenters. The number of nitrogens with one attached hydrogen (secondary N) is 1. The summed E-state index contributed by atoms with van der Waals surface area (Å²) in [7, 11) is 0. The van der Waals surface area contributed by atoms with Crippen molar-refractivity contribution in [2.75, 3.05) is 6.54 Å². The van der Waals surface area contributed by atoms with Gasteiger partial charge in [0.05, 0.1) is 11.1 Å². The number of aryl methyl sites for hydroxylation is 1. The average Bonchev–Trinajstić information content (AvgIpc) is 3.27. The normalized spacial score (nSPS) is 14.5. The number of hydrogen-bond acceptors (Lipinski definition) is 3. The number of carbonyl (C=O) groups is 2. The van der Waals surface area contributed by atoms with Crippen molar-refractivity contribution in [3.8, 4) is 0 Å². The van der Waals surface area contributed by atoms with Crippen LogP contribution in [0.15, 0.2) is 79.5 Å². The number of ketones is 1. The van der Waals surface area contributed by atoms with E-state index in [0.717, 1.165) is 28.8 Å². The van der Waals surface area contributed by atoms with Crippen LogP contribution in [0, 0.1) is 12.3 Å². The molecule has 1 aromatic heterocycles. The minimum atomic E-state index is -0.735. The van der Waals surface area contributed by atoms with Crippen LogP contribution in [-0.2, 0) is 11.3 Å². The first kappa shape index (κ1) is 23.3. The topological polar surface area (TPSA) is 71.3 Å². The van der Waals surface area contributed by atoms with Crippen LogP contribution in [0.1, 0.15) is 52.0 Å². The molecule has 0 atom stereocenters. The minimum absolute atomic E-state index is 0.00775. The molecule has 0 saturated heterocycles. The quantitative estimate of drug-likeness (QED) is 0.394. The van der Waals surface area contributed by atoms with E-state index in [1.807, 2.05) is 90.5 Å². The molecule has 0 bridgehead atoms. The van der Waals surface area contributed by atoms with Gasteiger partial charge in [-0.2, -0.15) is 0 Å². The molecule has 1 aliphatic rings. The third kappa shape index (κ3) is 5.04. The predicted molar refractivity (Wildman–Crippen MR) is 135 cm³/mol. The Bertz CT molecular complexity index is 1230. The molecule has 2 N–H and O–H groups in total. The average molecular weight is 455 g/mol. The molecule has 1 saturated carbocycles. The molecule has 5 nitrogen and oxygen atoms in total. The van der Waals surface area contributed by atoms with Crippen molar-refractivity contribution in [1.29, 1.82) is 0 Å². The number of nitrogens with zero attached hydrogens (tertiary/aromatic N) is 1. The Kier molecular flexibility index (Phi) is 6.82. The number of benzene rings is 2. The summed E-state index contributed by atoms with van der Waals surface area (Å²) in [6, 6.07) is 19.3. The summed E-state index contributed by atoms with van der Waals surface area (Å²) in [6.45, 7) is 7.08. The van der Waals surface area contributed by atoms with Crippen LogP contribution in [-0.4, -0.2) is 28.0 Å². The van der Waals surface area contributed by atoms with E-state index < -0.39 is 11.4 Å². The van der Waals surface area contributed by atoms with Gasteiger partial charge in [-0.1, -0.05) is 73.2 Å². The van der Waals surface area contributed by atoms with Crippen LogP contribution in [0.4, 0.5) is 0 Å². The van der Waals surface area contributed by atoms with E-state index in [1.54, 1.807) is 0 Å². The summed E-state index contributed by atoms with van der Waals surface area (Å²) >= 11 is 0. The minimum Gasteiger partial charge on any atom is -0.481 e. The predicted octanol–water partition coefficient (Wildman–Crippen LogP) is 5.56. The van der Waals surface area contributed by atoms with Gasteiger partial charge in [0.1, 0.15) is 0 Å². The summed E-state index contributed by atoms with van der Waals surface area (Å²) in [5, 5.41) is 12.7. The molecule has 34 heavy (non-hydrogen) atoms. The van der Waals surface area contributed by atoms with Gasteiger partial charge in [0.2, 0.25) is 5.78 Å². The molecule has 174 valence electrons. The van der Waals surface area contributed by atoms with E-state index in [2.05, 4.69) is 11.9 Å². The third-order valence-corrected chi connectivity index (χ3v) is 6.63. The molecule has 0 radical (unpaired) electrons. The zero-order valence-corrected chi connectivity index (χ0v) is 19.5. The van der Waals surface area contributed by atoms with Gasteiger partial charge in [0.15, 0.2) is 0 Å². The van der Waals surface area contributed by atoms with Crippen molar-refractivity contribution >= 4 is 23.5 Å². The van der Waals surface area contributed by atoms with Gasteiger partial charge in [-0.15, -0.1) is 0 Å². The molecule has 1 heterocycles. The highest BCUT2D eigenvalue weighted by Gasteiger charge is 2.44. The largest absolute Gasteiger partial charge is 0.481 e. The third-order valence-electron chi connectivity index (χ3n) is 6.63. The Balaban J connectivity index is 1.39. The first-order chi connectivity index (χ1) is 16.4. The van der Waals surface area contributed by atoms with Gasteiger partial charge >= 0.3 is 5.97 Å². The Morgan fingerprint density at radius 1 is 1.09 bits per heavy atom. The lowest BCUT2D eigenvalue weighted by atomic mass is 9.68. The second kappa shape index (κ2) is 9.96. The maximum absolute atomic E-state index is 12.9. The number of carboxylic acid groups (broad SMARTS) is 1. The number of aliphatic carboxylic acids is 1.